The summed E-state index contributed by atoms with van der Waals surface area (Å²) in [5.41, 5.74) is 0. The molecule has 1 aliphatic heterocycles. The largest absolute Gasteiger partial charge is 0.336 e. The van der Waals surface area contributed by atoms with Crippen LogP contribution in [0.4, 0.5) is 0 Å². The molecule has 2 fully saturated rings. The summed E-state index contributed by atoms with van der Waals surface area (Å²) in [5, 5.41) is 6.86. The van der Waals surface area contributed by atoms with Gasteiger partial charge in [-0.25, -0.2) is 4.98 Å². The van der Waals surface area contributed by atoms with E-state index in [4.69, 9.17) is 0 Å². The van der Waals surface area contributed by atoms with Crippen molar-refractivity contribution in [3.63, 3.8) is 0 Å². The molecular formula is C14H22N4O. The van der Waals surface area contributed by atoms with Crippen LogP contribution in [0.5, 0.6) is 0 Å². The molecule has 1 saturated heterocycles. The predicted octanol–water partition coefficient (Wildman–Crippen LogP) is 2.02. The summed E-state index contributed by atoms with van der Waals surface area (Å²) >= 11 is 0. The number of fused-ring (bicyclic) bond motifs is 1. The van der Waals surface area contributed by atoms with E-state index in [1.165, 1.54) is 25.7 Å². The zero-order valence-electron chi connectivity index (χ0n) is 11.6. The van der Waals surface area contributed by atoms with Crippen molar-refractivity contribution >= 4 is 5.91 Å². The van der Waals surface area contributed by atoms with E-state index in [9.17, 15) is 4.79 Å². The van der Waals surface area contributed by atoms with Crippen LogP contribution in [0.2, 0.25) is 0 Å². The molecule has 2 aliphatic rings. The van der Waals surface area contributed by atoms with Crippen LogP contribution in [0, 0.1) is 11.8 Å². The number of hydrogen-bond donors (Lipinski definition) is 1. The first kappa shape index (κ1) is 12.6. The van der Waals surface area contributed by atoms with E-state index in [-0.39, 0.29) is 5.91 Å². The third-order valence-corrected chi connectivity index (χ3v) is 4.64. The van der Waals surface area contributed by atoms with Crippen molar-refractivity contribution in [2.45, 2.75) is 45.4 Å². The van der Waals surface area contributed by atoms with Gasteiger partial charge in [-0.15, -0.1) is 5.10 Å². The molecule has 1 aliphatic carbocycles. The molecule has 2 atom stereocenters. The normalized spacial score (nSPS) is 27.1. The molecule has 19 heavy (non-hydrogen) atoms. The minimum absolute atomic E-state index is 0.0000246. The molecule has 0 bridgehead atoms. The van der Waals surface area contributed by atoms with Crippen LogP contribution in [0.25, 0.3) is 0 Å². The maximum atomic E-state index is 12.4. The summed E-state index contributed by atoms with van der Waals surface area (Å²) in [6, 6.07) is 0. The topological polar surface area (TPSA) is 61.9 Å². The Hall–Kier alpha value is -1.39. The summed E-state index contributed by atoms with van der Waals surface area (Å²) in [7, 11) is 0. The monoisotopic (exact) mass is 262 g/mol. The Kier molecular flexibility index (Phi) is 3.53. The van der Waals surface area contributed by atoms with Crippen LogP contribution < -0.4 is 0 Å². The summed E-state index contributed by atoms with van der Waals surface area (Å²) in [5.74, 6) is 2.68. The third kappa shape index (κ3) is 2.51. The second-order valence-electron chi connectivity index (χ2n) is 5.80. The fourth-order valence-corrected chi connectivity index (χ4v) is 3.48. The standard InChI is InChI=1S/C14H22N4O/c1-2-12-15-13(17-16-12)14(19)18-8-7-10-5-3-4-6-11(10)9-18/h10-11H,2-9H2,1H3,(H,15,16,17). The molecule has 5 heteroatoms. The molecule has 1 amide bonds. The van der Waals surface area contributed by atoms with Gasteiger partial charge in [0.2, 0.25) is 5.82 Å². The average Bonchev–Trinajstić information content (AvgIpc) is 2.95. The Morgan fingerprint density at radius 2 is 2.11 bits per heavy atom. The van der Waals surface area contributed by atoms with Crippen LogP contribution in [-0.2, 0) is 6.42 Å². The zero-order chi connectivity index (χ0) is 13.2. The second-order valence-corrected chi connectivity index (χ2v) is 5.80. The average molecular weight is 262 g/mol. The van der Waals surface area contributed by atoms with E-state index in [0.29, 0.717) is 11.7 Å². The van der Waals surface area contributed by atoms with E-state index >= 15 is 0 Å². The smallest absolute Gasteiger partial charge is 0.293 e. The molecule has 104 valence electrons. The Morgan fingerprint density at radius 1 is 1.32 bits per heavy atom. The number of aryl methyl sites for hydroxylation is 1. The van der Waals surface area contributed by atoms with Crippen LogP contribution in [0.15, 0.2) is 0 Å². The Morgan fingerprint density at radius 3 is 2.84 bits per heavy atom. The SMILES string of the molecule is CCc1nc(C(=O)N2CCC3CCCCC3C2)n[nH]1. The van der Waals surface area contributed by atoms with Gasteiger partial charge in [-0.1, -0.05) is 26.2 Å². The number of aromatic nitrogens is 3. The lowest BCUT2D eigenvalue weighted by Crippen LogP contribution is -2.45. The number of aromatic amines is 1. The number of likely N-dealkylation sites (tertiary alicyclic amines) is 1. The number of rotatable bonds is 2. The van der Waals surface area contributed by atoms with E-state index in [1.54, 1.807) is 0 Å². The lowest BCUT2D eigenvalue weighted by molar-refractivity contribution is 0.0510. The second kappa shape index (κ2) is 5.31. The molecule has 1 saturated carbocycles. The number of carbonyl (C=O) groups excluding carboxylic acids is 1. The van der Waals surface area contributed by atoms with E-state index in [1.807, 2.05) is 11.8 Å². The van der Waals surface area contributed by atoms with Gasteiger partial charge in [0.1, 0.15) is 5.82 Å². The number of amides is 1. The van der Waals surface area contributed by atoms with Crippen molar-refractivity contribution in [3.05, 3.63) is 11.6 Å². The molecule has 1 aromatic heterocycles. The van der Waals surface area contributed by atoms with Crippen molar-refractivity contribution in [1.82, 2.24) is 20.1 Å². The van der Waals surface area contributed by atoms with Crippen molar-refractivity contribution in [2.75, 3.05) is 13.1 Å². The number of hydrogen-bond acceptors (Lipinski definition) is 3. The summed E-state index contributed by atoms with van der Waals surface area (Å²) in [4.78, 5) is 18.6. The van der Waals surface area contributed by atoms with Crippen molar-refractivity contribution in [2.24, 2.45) is 11.8 Å². The number of piperidine rings is 1. The molecule has 0 aromatic carbocycles. The maximum Gasteiger partial charge on any atom is 0.293 e. The first-order valence-corrected chi connectivity index (χ1v) is 7.48. The van der Waals surface area contributed by atoms with E-state index in [2.05, 4.69) is 15.2 Å². The highest BCUT2D eigenvalue weighted by Crippen LogP contribution is 2.36. The minimum Gasteiger partial charge on any atom is -0.336 e. The molecule has 1 aromatic rings. The Labute approximate surface area is 113 Å². The van der Waals surface area contributed by atoms with Crippen LogP contribution in [0.1, 0.15) is 55.5 Å². The number of carbonyl (C=O) groups is 1. The molecule has 2 heterocycles. The van der Waals surface area contributed by atoms with Gasteiger partial charge in [-0.05, 0) is 24.7 Å². The summed E-state index contributed by atoms with van der Waals surface area (Å²) in [6.45, 7) is 3.78. The van der Waals surface area contributed by atoms with Crippen LogP contribution in [0.3, 0.4) is 0 Å². The first-order valence-electron chi connectivity index (χ1n) is 7.48. The quantitative estimate of drug-likeness (QED) is 0.887. The van der Waals surface area contributed by atoms with Gasteiger partial charge in [0.05, 0.1) is 0 Å². The zero-order valence-corrected chi connectivity index (χ0v) is 11.6. The van der Waals surface area contributed by atoms with Gasteiger partial charge in [-0.3, -0.25) is 9.89 Å². The molecule has 5 nitrogen and oxygen atoms in total. The van der Waals surface area contributed by atoms with Crippen molar-refractivity contribution in [3.8, 4) is 0 Å². The number of nitrogens with one attached hydrogen (secondary N) is 1. The minimum atomic E-state index is -0.0000246. The summed E-state index contributed by atoms with van der Waals surface area (Å²) < 4.78 is 0. The fourth-order valence-electron chi connectivity index (χ4n) is 3.48. The van der Waals surface area contributed by atoms with Gasteiger partial charge in [0.15, 0.2) is 0 Å². The predicted molar refractivity (Wildman–Crippen MR) is 71.7 cm³/mol. The van der Waals surface area contributed by atoms with Gasteiger partial charge in [0, 0.05) is 19.5 Å². The highest BCUT2D eigenvalue weighted by Gasteiger charge is 2.34. The molecule has 1 N–H and O–H groups in total. The lowest BCUT2D eigenvalue weighted by Gasteiger charge is -2.40. The maximum absolute atomic E-state index is 12.4. The highest BCUT2D eigenvalue weighted by atomic mass is 16.2. The Balaban J connectivity index is 1.67. The highest BCUT2D eigenvalue weighted by molar-refractivity contribution is 5.90. The van der Waals surface area contributed by atoms with Crippen LogP contribution >= 0.6 is 0 Å². The molecule has 0 radical (unpaired) electrons. The number of nitrogens with zero attached hydrogens (tertiary/aromatic N) is 3. The van der Waals surface area contributed by atoms with Gasteiger partial charge in [-0.2, -0.15) is 0 Å². The van der Waals surface area contributed by atoms with E-state index in [0.717, 1.165) is 37.7 Å². The van der Waals surface area contributed by atoms with E-state index < -0.39 is 0 Å². The van der Waals surface area contributed by atoms with Crippen molar-refractivity contribution < 1.29 is 4.79 Å². The lowest BCUT2D eigenvalue weighted by atomic mass is 9.75. The molecule has 0 spiro atoms. The number of H-pyrrole nitrogens is 1. The molecular weight excluding hydrogens is 240 g/mol. The van der Waals surface area contributed by atoms with Gasteiger partial charge in [0.25, 0.3) is 5.91 Å². The van der Waals surface area contributed by atoms with Gasteiger partial charge < -0.3 is 4.90 Å². The van der Waals surface area contributed by atoms with Crippen LogP contribution in [-0.4, -0.2) is 39.1 Å². The van der Waals surface area contributed by atoms with Gasteiger partial charge >= 0.3 is 0 Å². The van der Waals surface area contributed by atoms with Crippen molar-refractivity contribution in [1.29, 1.82) is 0 Å². The summed E-state index contributed by atoms with van der Waals surface area (Å²) in [6.07, 6.45) is 7.27. The third-order valence-electron chi connectivity index (χ3n) is 4.64. The first-order chi connectivity index (χ1) is 9.28. The molecule has 2 unspecified atom stereocenters. The fraction of sp³-hybridized carbons (Fsp3) is 0.786. The Bertz CT molecular complexity index is 456. The molecule has 3 rings (SSSR count).